The molecule has 132 valence electrons. The largest absolute Gasteiger partial charge is 0.355 e. The first kappa shape index (κ1) is 19.7. The lowest BCUT2D eigenvalue weighted by Crippen LogP contribution is -2.42. The molecule has 0 spiro atoms. The van der Waals surface area contributed by atoms with Crippen LogP contribution in [0, 0.1) is 0 Å². The molecule has 0 saturated carbocycles. The van der Waals surface area contributed by atoms with E-state index in [-0.39, 0.29) is 5.91 Å². The predicted octanol–water partition coefficient (Wildman–Crippen LogP) is 3.32. The number of nitrogens with zero attached hydrogens (tertiary/aromatic N) is 1. The van der Waals surface area contributed by atoms with Gasteiger partial charge >= 0.3 is 0 Å². The Kier molecular flexibility index (Phi) is 11.2. The maximum atomic E-state index is 11.9. The zero-order valence-corrected chi connectivity index (χ0v) is 14.7. The Morgan fingerprint density at radius 2 is 1.74 bits per heavy atom. The second-order valence-electron chi connectivity index (χ2n) is 6.34. The van der Waals surface area contributed by atoms with Crippen LogP contribution in [0.1, 0.15) is 76.8 Å². The van der Waals surface area contributed by atoms with Crippen molar-refractivity contribution >= 4 is 5.91 Å². The fraction of sp³-hybridized carbons (Fsp3) is 0.778. The highest BCUT2D eigenvalue weighted by Crippen LogP contribution is 2.10. The van der Waals surface area contributed by atoms with Gasteiger partial charge in [0.05, 0.1) is 18.1 Å². The van der Waals surface area contributed by atoms with Gasteiger partial charge in [-0.1, -0.05) is 64.7 Å². The molecule has 1 atom stereocenters. The van der Waals surface area contributed by atoms with Gasteiger partial charge in [0.1, 0.15) is 0 Å². The fourth-order valence-electron chi connectivity index (χ4n) is 2.68. The van der Waals surface area contributed by atoms with Gasteiger partial charge in [-0.2, -0.15) is 0 Å². The van der Waals surface area contributed by atoms with Gasteiger partial charge in [0, 0.05) is 19.2 Å². The lowest BCUT2D eigenvalue weighted by molar-refractivity contribution is -0.122. The molecule has 0 aliphatic carbocycles. The van der Waals surface area contributed by atoms with Crippen LogP contribution in [0.15, 0.2) is 12.5 Å². The van der Waals surface area contributed by atoms with Crippen LogP contribution in [0.3, 0.4) is 0 Å². The van der Waals surface area contributed by atoms with Crippen LogP contribution in [0.5, 0.6) is 0 Å². The molecule has 0 bridgehead atoms. The molecule has 1 rings (SSSR count). The van der Waals surface area contributed by atoms with Gasteiger partial charge in [-0.3, -0.25) is 4.79 Å². The van der Waals surface area contributed by atoms with E-state index in [0.29, 0.717) is 6.42 Å². The van der Waals surface area contributed by atoms with E-state index in [1.807, 2.05) is 0 Å². The van der Waals surface area contributed by atoms with Crippen LogP contribution in [0.2, 0.25) is 0 Å². The van der Waals surface area contributed by atoms with Gasteiger partial charge in [-0.15, -0.1) is 0 Å². The molecule has 1 heterocycles. The Morgan fingerprint density at radius 1 is 1.13 bits per heavy atom. The van der Waals surface area contributed by atoms with Crippen LogP contribution in [-0.4, -0.2) is 28.5 Å². The molecule has 5 heteroatoms. The first-order valence-corrected chi connectivity index (χ1v) is 9.25. The maximum Gasteiger partial charge on any atom is 0.237 e. The number of aromatic amines is 1. The predicted molar refractivity (Wildman–Crippen MR) is 95.1 cm³/mol. The van der Waals surface area contributed by atoms with E-state index in [1.54, 1.807) is 12.5 Å². The molecule has 0 radical (unpaired) electrons. The Morgan fingerprint density at radius 3 is 2.30 bits per heavy atom. The molecule has 0 fully saturated rings. The van der Waals surface area contributed by atoms with Crippen molar-refractivity contribution in [3.05, 3.63) is 18.2 Å². The zero-order chi connectivity index (χ0) is 16.8. The number of H-pyrrole nitrogens is 1. The summed E-state index contributed by atoms with van der Waals surface area (Å²) >= 11 is 0. The van der Waals surface area contributed by atoms with E-state index in [2.05, 4.69) is 22.2 Å². The minimum absolute atomic E-state index is 0.0797. The lowest BCUT2D eigenvalue weighted by atomic mass is 10.1. The minimum Gasteiger partial charge on any atom is -0.355 e. The number of hydrogen-bond acceptors (Lipinski definition) is 3. The van der Waals surface area contributed by atoms with Gasteiger partial charge in [-0.25, -0.2) is 4.98 Å². The van der Waals surface area contributed by atoms with Crippen molar-refractivity contribution in [2.75, 3.05) is 6.54 Å². The van der Waals surface area contributed by atoms with Gasteiger partial charge in [0.2, 0.25) is 5.91 Å². The van der Waals surface area contributed by atoms with Crippen LogP contribution >= 0.6 is 0 Å². The summed E-state index contributed by atoms with van der Waals surface area (Å²) in [6.07, 6.45) is 16.9. The van der Waals surface area contributed by atoms with E-state index >= 15 is 0 Å². The molecule has 5 nitrogen and oxygen atoms in total. The molecule has 1 aromatic heterocycles. The van der Waals surface area contributed by atoms with Crippen molar-refractivity contribution in [1.29, 1.82) is 0 Å². The second-order valence-corrected chi connectivity index (χ2v) is 6.34. The van der Waals surface area contributed by atoms with Crippen molar-refractivity contribution in [2.24, 2.45) is 5.73 Å². The SMILES string of the molecule is CCCCCCCCCCCCNC(=O)[C@@H](N)Cc1c[nH]cn1. The first-order chi connectivity index (χ1) is 11.2. The first-order valence-electron chi connectivity index (χ1n) is 9.25. The molecule has 1 aromatic rings. The molecular formula is C18H34N4O. The highest BCUT2D eigenvalue weighted by molar-refractivity contribution is 5.81. The normalized spacial score (nSPS) is 12.3. The van der Waals surface area contributed by atoms with E-state index in [4.69, 9.17) is 5.73 Å². The topological polar surface area (TPSA) is 83.8 Å². The second kappa shape index (κ2) is 13.1. The van der Waals surface area contributed by atoms with Gasteiger partial charge in [0.25, 0.3) is 0 Å². The smallest absolute Gasteiger partial charge is 0.237 e. The molecular weight excluding hydrogens is 288 g/mol. The fourth-order valence-corrected chi connectivity index (χ4v) is 2.68. The Labute approximate surface area is 140 Å². The molecule has 0 aliphatic rings. The number of carbonyl (C=O) groups is 1. The molecule has 0 aliphatic heterocycles. The standard InChI is InChI=1S/C18H34N4O/c1-2-3-4-5-6-7-8-9-10-11-12-21-18(23)17(19)13-16-14-20-15-22-16/h14-15,17H,2-13,19H2,1H3,(H,20,22)(H,21,23)/t17-/m0/s1. The van der Waals surface area contributed by atoms with Crippen LogP contribution in [0.4, 0.5) is 0 Å². The molecule has 1 amide bonds. The molecule has 4 N–H and O–H groups in total. The summed E-state index contributed by atoms with van der Waals surface area (Å²) in [5, 5.41) is 2.92. The van der Waals surface area contributed by atoms with Crippen molar-refractivity contribution in [3.8, 4) is 0 Å². The van der Waals surface area contributed by atoms with Crippen LogP contribution in [-0.2, 0) is 11.2 Å². The van der Waals surface area contributed by atoms with Crippen molar-refractivity contribution in [3.63, 3.8) is 0 Å². The van der Waals surface area contributed by atoms with Gasteiger partial charge in [-0.05, 0) is 6.42 Å². The molecule has 23 heavy (non-hydrogen) atoms. The number of aromatic nitrogens is 2. The number of amides is 1. The highest BCUT2D eigenvalue weighted by atomic mass is 16.2. The van der Waals surface area contributed by atoms with E-state index in [1.165, 1.54) is 57.8 Å². The monoisotopic (exact) mass is 322 g/mol. The van der Waals surface area contributed by atoms with E-state index < -0.39 is 6.04 Å². The number of hydrogen-bond donors (Lipinski definition) is 3. The number of nitrogens with two attached hydrogens (primary N) is 1. The van der Waals surface area contributed by atoms with Crippen molar-refractivity contribution in [1.82, 2.24) is 15.3 Å². The zero-order valence-electron chi connectivity index (χ0n) is 14.7. The molecule has 0 aromatic carbocycles. The average molecular weight is 322 g/mol. The summed E-state index contributed by atoms with van der Waals surface area (Å²) in [5.74, 6) is -0.0797. The number of rotatable bonds is 14. The third kappa shape index (κ3) is 10.1. The number of nitrogens with one attached hydrogen (secondary N) is 2. The molecule has 0 saturated heterocycles. The number of unbranched alkanes of at least 4 members (excludes halogenated alkanes) is 9. The van der Waals surface area contributed by atoms with Crippen molar-refractivity contribution < 1.29 is 4.79 Å². The van der Waals surface area contributed by atoms with Gasteiger partial charge < -0.3 is 16.0 Å². The lowest BCUT2D eigenvalue weighted by Gasteiger charge is -2.11. The number of imidazole rings is 1. The summed E-state index contributed by atoms with van der Waals surface area (Å²) in [7, 11) is 0. The summed E-state index contributed by atoms with van der Waals surface area (Å²) in [5.41, 5.74) is 6.70. The minimum atomic E-state index is -0.513. The van der Waals surface area contributed by atoms with E-state index in [0.717, 1.165) is 18.7 Å². The quantitative estimate of drug-likeness (QED) is 0.459. The number of carbonyl (C=O) groups excluding carboxylic acids is 1. The average Bonchev–Trinajstić information content (AvgIpc) is 3.05. The van der Waals surface area contributed by atoms with Crippen molar-refractivity contribution in [2.45, 2.75) is 83.6 Å². The van der Waals surface area contributed by atoms with E-state index in [9.17, 15) is 4.79 Å². The maximum absolute atomic E-state index is 11.9. The van der Waals surface area contributed by atoms with Gasteiger partial charge in [0.15, 0.2) is 0 Å². The Balaban J connectivity index is 1.89. The highest BCUT2D eigenvalue weighted by Gasteiger charge is 2.14. The molecule has 0 unspecified atom stereocenters. The van der Waals surface area contributed by atoms with Crippen LogP contribution in [0.25, 0.3) is 0 Å². The third-order valence-electron chi connectivity index (χ3n) is 4.15. The Hall–Kier alpha value is -1.36. The summed E-state index contributed by atoms with van der Waals surface area (Å²) in [6.45, 7) is 2.98. The third-order valence-corrected chi connectivity index (χ3v) is 4.15. The summed E-state index contributed by atoms with van der Waals surface area (Å²) < 4.78 is 0. The Bertz CT molecular complexity index is 392. The van der Waals surface area contributed by atoms with Crippen LogP contribution < -0.4 is 11.1 Å². The summed E-state index contributed by atoms with van der Waals surface area (Å²) in [4.78, 5) is 18.8. The summed E-state index contributed by atoms with van der Waals surface area (Å²) in [6, 6.07) is -0.513.